The van der Waals surface area contributed by atoms with Crippen LogP contribution in [0.4, 0.5) is 0 Å². The molecular formula is C14H24N2OS. The summed E-state index contributed by atoms with van der Waals surface area (Å²) in [5, 5.41) is 3.14. The van der Waals surface area contributed by atoms with E-state index >= 15 is 0 Å². The first-order valence-corrected chi connectivity index (χ1v) is 7.69. The Morgan fingerprint density at radius 3 is 2.89 bits per heavy atom. The van der Waals surface area contributed by atoms with Crippen molar-refractivity contribution in [2.75, 3.05) is 45.8 Å². The first-order valence-electron chi connectivity index (χ1n) is 6.30. The Morgan fingerprint density at radius 1 is 1.33 bits per heavy atom. The van der Waals surface area contributed by atoms with Gasteiger partial charge in [0.1, 0.15) is 12.4 Å². The van der Waals surface area contributed by atoms with Crippen LogP contribution in [0.5, 0.6) is 5.75 Å². The summed E-state index contributed by atoms with van der Waals surface area (Å²) in [7, 11) is 4.09. The molecule has 0 bridgehead atoms. The molecule has 0 radical (unpaired) electrons. The van der Waals surface area contributed by atoms with Crippen LogP contribution >= 0.6 is 11.8 Å². The maximum absolute atomic E-state index is 5.77. The Balaban J connectivity index is 2.28. The Kier molecular flexibility index (Phi) is 7.89. The Bertz CT molecular complexity index is 333. The van der Waals surface area contributed by atoms with Gasteiger partial charge in [-0.2, -0.15) is 11.8 Å². The van der Waals surface area contributed by atoms with E-state index in [4.69, 9.17) is 4.74 Å². The van der Waals surface area contributed by atoms with Crippen LogP contribution in [0.2, 0.25) is 0 Å². The van der Waals surface area contributed by atoms with E-state index in [9.17, 15) is 0 Å². The number of rotatable bonds is 9. The van der Waals surface area contributed by atoms with E-state index in [-0.39, 0.29) is 0 Å². The molecule has 4 heteroatoms. The first kappa shape index (κ1) is 15.3. The highest BCUT2D eigenvalue weighted by Gasteiger charge is 1.99. The highest BCUT2D eigenvalue weighted by molar-refractivity contribution is 7.98. The standard InChI is InChI=1S/C14H24N2OS/c1-15-12-13-5-4-6-14(11-13)17-9-7-16(2)8-10-18-3/h4-6,11,15H,7-10,12H2,1-3H3. The fourth-order valence-electron chi connectivity index (χ4n) is 1.63. The summed E-state index contributed by atoms with van der Waals surface area (Å²) in [6.45, 7) is 3.71. The molecule has 18 heavy (non-hydrogen) atoms. The normalized spacial score (nSPS) is 10.9. The predicted molar refractivity (Wildman–Crippen MR) is 80.6 cm³/mol. The van der Waals surface area contributed by atoms with Gasteiger partial charge in [0.15, 0.2) is 0 Å². The molecule has 0 atom stereocenters. The minimum atomic E-state index is 0.744. The molecule has 1 aromatic carbocycles. The second-order valence-corrected chi connectivity index (χ2v) is 5.31. The van der Waals surface area contributed by atoms with Crippen molar-refractivity contribution in [3.05, 3.63) is 29.8 Å². The lowest BCUT2D eigenvalue weighted by Gasteiger charge is -2.16. The van der Waals surface area contributed by atoms with Crippen molar-refractivity contribution in [3.63, 3.8) is 0 Å². The summed E-state index contributed by atoms with van der Waals surface area (Å²) >= 11 is 1.88. The Labute approximate surface area is 115 Å². The summed E-state index contributed by atoms with van der Waals surface area (Å²) in [6, 6.07) is 8.26. The second kappa shape index (κ2) is 9.25. The SMILES string of the molecule is CNCc1cccc(OCCN(C)CCSC)c1. The monoisotopic (exact) mass is 268 g/mol. The number of nitrogens with zero attached hydrogens (tertiary/aromatic N) is 1. The van der Waals surface area contributed by atoms with Gasteiger partial charge in [0.05, 0.1) is 0 Å². The zero-order chi connectivity index (χ0) is 13.2. The molecule has 0 saturated carbocycles. The van der Waals surface area contributed by atoms with Crippen LogP contribution in [0.15, 0.2) is 24.3 Å². The number of benzene rings is 1. The second-order valence-electron chi connectivity index (χ2n) is 4.32. The van der Waals surface area contributed by atoms with Crippen molar-refractivity contribution in [3.8, 4) is 5.75 Å². The molecule has 0 saturated heterocycles. The maximum atomic E-state index is 5.77. The molecule has 0 heterocycles. The molecule has 0 unspecified atom stereocenters. The number of likely N-dealkylation sites (N-methyl/N-ethyl adjacent to an activating group) is 1. The molecule has 1 rings (SSSR count). The number of ether oxygens (including phenoxy) is 1. The summed E-state index contributed by atoms with van der Waals surface area (Å²) in [4.78, 5) is 2.30. The largest absolute Gasteiger partial charge is 0.492 e. The highest BCUT2D eigenvalue weighted by Crippen LogP contribution is 2.13. The zero-order valence-corrected chi connectivity index (χ0v) is 12.4. The Hall–Kier alpha value is -0.710. The van der Waals surface area contributed by atoms with Gasteiger partial charge >= 0.3 is 0 Å². The van der Waals surface area contributed by atoms with Gasteiger partial charge in [-0.3, -0.25) is 0 Å². The van der Waals surface area contributed by atoms with Crippen LogP contribution in [-0.2, 0) is 6.54 Å². The molecule has 0 fully saturated rings. The lowest BCUT2D eigenvalue weighted by molar-refractivity contribution is 0.244. The molecular weight excluding hydrogens is 244 g/mol. The van der Waals surface area contributed by atoms with E-state index < -0.39 is 0 Å². The van der Waals surface area contributed by atoms with Gasteiger partial charge in [0.2, 0.25) is 0 Å². The average molecular weight is 268 g/mol. The molecule has 1 N–H and O–H groups in total. The van der Waals surface area contributed by atoms with Gasteiger partial charge < -0.3 is 15.0 Å². The topological polar surface area (TPSA) is 24.5 Å². The smallest absolute Gasteiger partial charge is 0.119 e. The molecule has 0 aliphatic heterocycles. The quantitative estimate of drug-likeness (QED) is 0.741. The van der Waals surface area contributed by atoms with Crippen LogP contribution in [0, 0.1) is 0 Å². The van der Waals surface area contributed by atoms with Crippen molar-refractivity contribution in [2.24, 2.45) is 0 Å². The van der Waals surface area contributed by atoms with Crippen molar-refractivity contribution in [2.45, 2.75) is 6.54 Å². The highest BCUT2D eigenvalue weighted by atomic mass is 32.2. The number of hydrogen-bond acceptors (Lipinski definition) is 4. The third-order valence-corrected chi connectivity index (χ3v) is 3.29. The average Bonchev–Trinajstić information content (AvgIpc) is 2.37. The molecule has 0 aliphatic carbocycles. The molecule has 0 aromatic heterocycles. The third kappa shape index (κ3) is 6.28. The third-order valence-electron chi connectivity index (χ3n) is 2.70. The predicted octanol–water partition coefficient (Wildman–Crippen LogP) is 2.08. The fourth-order valence-corrected chi connectivity index (χ4v) is 2.12. The van der Waals surface area contributed by atoms with Crippen LogP contribution in [-0.4, -0.2) is 50.7 Å². The number of hydrogen-bond donors (Lipinski definition) is 1. The van der Waals surface area contributed by atoms with Crippen molar-refractivity contribution < 1.29 is 4.74 Å². The van der Waals surface area contributed by atoms with Gasteiger partial charge in [-0.25, -0.2) is 0 Å². The van der Waals surface area contributed by atoms with E-state index in [1.807, 2.05) is 30.9 Å². The maximum Gasteiger partial charge on any atom is 0.119 e. The minimum absolute atomic E-state index is 0.744. The van der Waals surface area contributed by atoms with Crippen molar-refractivity contribution in [1.82, 2.24) is 10.2 Å². The van der Waals surface area contributed by atoms with E-state index in [1.54, 1.807) is 0 Å². The van der Waals surface area contributed by atoms with Gasteiger partial charge in [0, 0.05) is 25.4 Å². The molecule has 0 amide bonds. The fraction of sp³-hybridized carbons (Fsp3) is 0.571. The van der Waals surface area contributed by atoms with Crippen LogP contribution in [0.1, 0.15) is 5.56 Å². The van der Waals surface area contributed by atoms with Gasteiger partial charge in [-0.15, -0.1) is 0 Å². The summed E-state index contributed by atoms with van der Waals surface area (Å²) in [6.07, 6.45) is 2.14. The van der Waals surface area contributed by atoms with Crippen molar-refractivity contribution >= 4 is 11.8 Å². The van der Waals surface area contributed by atoms with E-state index in [0.717, 1.165) is 32.0 Å². The number of thioether (sulfide) groups is 1. The molecule has 0 aliphatic rings. The molecule has 1 aromatic rings. The van der Waals surface area contributed by atoms with E-state index in [0.29, 0.717) is 0 Å². The molecule has 102 valence electrons. The van der Waals surface area contributed by atoms with Crippen LogP contribution in [0.25, 0.3) is 0 Å². The number of nitrogens with one attached hydrogen (secondary N) is 1. The van der Waals surface area contributed by atoms with E-state index in [1.165, 1.54) is 11.3 Å². The zero-order valence-electron chi connectivity index (χ0n) is 11.6. The van der Waals surface area contributed by atoms with Gasteiger partial charge in [-0.05, 0) is 38.0 Å². The molecule has 0 spiro atoms. The van der Waals surface area contributed by atoms with Crippen LogP contribution < -0.4 is 10.1 Å². The molecule has 3 nitrogen and oxygen atoms in total. The van der Waals surface area contributed by atoms with Crippen molar-refractivity contribution in [1.29, 1.82) is 0 Å². The van der Waals surface area contributed by atoms with E-state index in [2.05, 4.69) is 35.7 Å². The lowest BCUT2D eigenvalue weighted by Crippen LogP contribution is -2.26. The minimum Gasteiger partial charge on any atom is -0.492 e. The lowest BCUT2D eigenvalue weighted by atomic mass is 10.2. The summed E-state index contributed by atoms with van der Waals surface area (Å²) < 4.78 is 5.77. The van der Waals surface area contributed by atoms with Gasteiger partial charge in [0.25, 0.3) is 0 Å². The van der Waals surface area contributed by atoms with Gasteiger partial charge in [-0.1, -0.05) is 12.1 Å². The van der Waals surface area contributed by atoms with Crippen LogP contribution in [0.3, 0.4) is 0 Å². The summed E-state index contributed by atoms with van der Waals surface area (Å²) in [5.41, 5.74) is 1.26. The summed E-state index contributed by atoms with van der Waals surface area (Å²) in [5.74, 6) is 2.13. The Morgan fingerprint density at radius 2 is 2.17 bits per heavy atom. The first-order chi connectivity index (χ1) is 8.76.